The Bertz CT molecular complexity index is 593. The van der Waals surface area contributed by atoms with Gasteiger partial charge in [0.1, 0.15) is 5.82 Å². The van der Waals surface area contributed by atoms with Crippen LogP contribution in [0.1, 0.15) is 23.7 Å². The van der Waals surface area contributed by atoms with Gasteiger partial charge in [-0.25, -0.2) is 4.39 Å². The number of anilines is 2. The number of nitrogens with zero attached hydrogens (tertiary/aromatic N) is 2. The summed E-state index contributed by atoms with van der Waals surface area (Å²) < 4.78 is 14.4. The number of halogens is 1. The number of rotatable bonds is 2. The molecule has 1 N–H and O–H groups in total. The molecule has 1 aromatic carbocycles. The second kappa shape index (κ2) is 5.48. The zero-order valence-corrected chi connectivity index (χ0v) is 12.3. The number of hydrogen-bond acceptors (Lipinski definition) is 4. The minimum atomic E-state index is -0.312. The molecule has 1 fully saturated rings. The van der Waals surface area contributed by atoms with Crippen molar-refractivity contribution in [3.63, 3.8) is 0 Å². The lowest BCUT2D eigenvalue weighted by Crippen LogP contribution is -2.44. The SMILES string of the molecule is C=C(C)N1CCC(=O)c2cc(F)c(N3CCNCC3)cc21. The molecule has 0 saturated carbocycles. The van der Waals surface area contributed by atoms with Crippen LogP contribution in [0.15, 0.2) is 24.4 Å². The maximum absolute atomic E-state index is 14.4. The van der Waals surface area contributed by atoms with Gasteiger partial charge in [0.25, 0.3) is 0 Å². The zero-order valence-electron chi connectivity index (χ0n) is 12.3. The molecule has 21 heavy (non-hydrogen) atoms. The molecule has 2 heterocycles. The fourth-order valence-corrected chi connectivity index (χ4v) is 3.01. The largest absolute Gasteiger partial charge is 0.367 e. The van der Waals surface area contributed by atoms with Crippen LogP contribution in [0.5, 0.6) is 0 Å². The van der Waals surface area contributed by atoms with Crippen LogP contribution in [0, 0.1) is 5.82 Å². The van der Waals surface area contributed by atoms with E-state index >= 15 is 0 Å². The normalized spacial score (nSPS) is 18.7. The number of carbonyl (C=O) groups is 1. The van der Waals surface area contributed by atoms with Crippen LogP contribution in [-0.2, 0) is 0 Å². The second-order valence-corrected chi connectivity index (χ2v) is 5.62. The summed E-state index contributed by atoms with van der Waals surface area (Å²) in [5.41, 5.74) is 2.71. The lowest BCUT2D eigenvalue weighted by atomic mass is 9.98. The van der Waals surface area contributed by atoms with Crippen LogP contribution in [0.3, 0.4) is 0 Å². The van der Waals surface area contributed by atoms with E-state index in [4.69, 9.17) is 0 Å². The average molecular weight is 289 g/mol. The third-order valence-electron chi connectivity index (χ3n) is 4.14. The van der Waals surface area contributed by atoms with Crippen LogP contribution in [0.2, 0.25) is 0 Å². The Kier molecular flexibility index (Phi) is 3.68. The van der Waals surface area contributed by atoms with Gasteiger partial charge in [-0.05, 0) is 19.1 Å². The Labute approximate surface area is 124 Å². The van der Waals surface area contributed by atoms with Crippen molar-refractivity contribution in [1.29, 1.82) is 0 Å². The molecule has 3 rings (SSSR count). The Morgan fingerprint density at radius 3 is 2.62 bits per heavy atom. The number of benzene rings is 1. The number of hydrogen-bond donors (Lipinski definition) is 1. The molecule has 0 radical (unpaired) electrons. The highest BCUT2D eigenvalue weighted by Crippen LogP contribution is 2.35. The molecule has 112 valence electrons. The summed E-state index contributed by atoms with van der Waals surface area (Å²) in [5, 5.41) is 3.26. The molecular weight excluding hydrogens is 269 g/mol. The highest BCUT2D eigenvalue weighted by molar-refractivity contribution is 6.04. The summed E-state index contributed by atoms with van der Waals surface area (Å²) in [5.74, 6) is -0.305. The standard InChI is InChI=1S/C16H20FN3O/c1-11(2)20-6-3-16(21)12-9-13(17)15(10-14(12)20)19-7-4-18-5-8-19/h9-10,18H,1,3-8H2,2H3. The average Bonchev–Trinajstić information content (AvgIpc) is 2.48. The van der Waals surface area contributed by atoms with Crippen molar-refractivity contribution >= 4 is 17.2 Å². The molecule has 1 aromatic rings. The minimum absolute atomic E-state index is 0.00765. The molecular formula is C16H20FN3O. The number of allylic oxidation sites excluding steroid dienone is 1. The van der Waals surface area contributed by atoms with Gasteiger partial charge in [0, 0.05) is 50.4 Å². The van der Waals surface area contributed by atoms with Crippen molar-refractivity contribution in [2.75, 3.05) is 42.5 Å². The number of Topliss-reactive ketones (excluding diaryl/α,β-unsaturated/α-hetero) is 1. The molecule has 0 spiro atoms. The third-order valence-corrected chi connectivity index (χ3v) is 4.14. The number of ketones is 1. The number of carbonyl (C=O) groups excluding carboxylic acids is 1. The maximum Gasteiger partial charge on any atom is 0.166 e. The van der Waals surface area contributed by atoms with E-state index in [-0.39, 0.29) is 11.6 Å². The van der Waals surface area contributed by atoms with E-state index < -0.39 is 0 Å². The predicted molar refractivity (Wildman–Crippen MR) is 82.6 cm³/mol. The van der Waals surface area contributed by atoms with Gasteiger partial charge in [-0.2, -0.15) is 0 Å². The molecule has 0 amide bonds. The Balaban J connectivity index is 2.05. The van der Waals surface area contributed by atoms with Gasteiger partial charge in [-0.15, -0.1) is 0 Å². The van der Waals surface area contributed by atoms with Crippen molar-refractivity contribution in [2.24, 2.45) is 0 Å². The van der Waals surface area contributed by atoms with Gasteiger partial charge in [-0.1, -0.05) is 6.58 Å². The van der Waals surface area contributed by atoms with Crippen molar-refractivity contribution < 1.29 is 9.18 Å². The van der Waals surface area contributed by atoms with Gasteiger partial charge >= 0.3 is 0 Å². The van der Waals surface area contributed by atoms with Crippen molar-refractivity contribution in [3.8, 4) is 0 Å². The molecule has 0 aliphatic carbocycles. The Morgan fingerprint density at radius 2 is 1.95 bits per heavy atom. The second-order valence-electron chi connectivity index (χ2n) is 5.62. The third kappa shape index (κ3) is 2.53. The first-order chi connectivity index (χ1) is 10.1. The summed E-state index contributed by atoms with van der Waals surface area (Å²) in [6.07, 6.45) is 0.409. The zero-order chi connectivity index (χ0) is 15.0. The lowest BCUT2D eigenvalue weighted by Gasteiger charge is -2.34. The molecule has 0 aromatic heterocycles. The smallest absolute Gasteiger partial charge is 0.166 e. The summed E-state index contributed by atoms with van der Waals surface area (Å²) in [4.78, 5) is 16.1. The Morgan fingerprint density at radius 1 is 1.24 bits per heavy atom. The fourth-order valence-electron chi connectivity index (χ4n) is 3.01. The molecule has 1 saturated heterocycles. The summed E-state index contributed by atoms with van der Waals surface area (Å²) in [7, 11) is 0. The molecule has 0 bridgehead atoms. The summed E-state index contributed by atoms with van der Waals surface area (Å²) >= 11 is 0. The number of piperazine rings is 1. The predicted octanol–water partition coefficient (Wildman–Crippen LogP) is 2.16. The van der Waals surface area contributed by atoms with Gasteiger partial charge in [-0.3, -0.25) is 4.79 Å². The highest BCUT2D eigenvalue weighted by atomic mass is 19.1. The first-order valence-corrected chi connectivity index (χ1v) is 7.33. The first kappa shape index (κ1) is 14.1. The van der Waals surface area contributed by atoms with E-state index in [1.54, 1.807) is 0 Å². The lowest BCUT2D eigenvalue weighted by molar-refractivity contribution is 0.0980. The van der Waals surface area contributed by atoms with Gasteiger partial charge < -0.3 is 15.1 Å². The quantitative estimate of drug-likeness (QED) is 0.905. The van der Waals surface area contributed by atoms with Crippen LogP contribution in [0.25, 0.3) is 0 Å². The van der Waals surface area contributed by atoms with Gasteiger partial charge in [0.15, 0.2) is 5.78 Å². The van der Waals surface area contributed by atoms with E-state index in [9.17, 15) is 9.18 Å². The monoisotopic (exact) mass is 289 g/mol. The summed E-state index contributed by atoms with van der Waals surface area (Å²) in [6, 6.07) is 3.20. The van der Waals surface area contributed by atoms with Gasteiger partial charge in [0.05, 0.1) is 11.4 Å². The molecule has 0 unspecified atom stereocenters. The van der Waals surface area contributed by atoms with Crippen molar-refractivity contribution in [3.05, 3.63) is 35.8 Å². The topological polar surface area (TPSA) is 35.6 Å². The van der Waals surface area contributed by atoms with Crippen molar-refractivity contribution in [2.45, 2.75) is 13.3 Å². The summed E-state index contributed by atoms with van der Waals surface area (Å²) in [6.45, 7) is 9.74. The van der Waals surface area contributed by atoms with Crippen LogP contribution in [-0.4, -0.2) is 38.5 Å². The fraction of sp³-hybridized carbons (Fsp3) is 0.438. The van der Waals surface area contributed by atoms with E-state index in [0.29, 0.717) is 24.2 Å². The van der Waals surface area contributed by atoms with E-state index in [0.717, 1.165) is 37.6 Å². The Hall–Kier alpha value is -1.88. The van der Waals surface area contributed by atoms with Crippen LogP contribution < -0.4 is 15.1 Å². The van der Waals surface area contributed by atoms with Crippen LogP contribution >= 0.6 is 0 Å². The maximum atomic E-state index is 14.4. The van der Waals surface area contributed by atoms with Gasteiger partial charge in [0.2, 0.25) is 0 Å². The van der Waals surface area contributed by atoms with E-state index in [1.807, 2.05) is 22.8 Å². The molecule has 2 aliphatic heterocycles. The molecule has 5 heteroatoms. The van der Waals surface area contributed by atoms with Crippen LogP contribution in [0.4, 0.5) is 15.8 Å². The molecule has 2 aliphatic rings. The molecule has 0 atom stereocenters. The minimum Gasteiger partial charge on any atom is -0.367 e. The van der Waals surface area contributed by atoms with E-state index in [2.05, 4.69) is 11.9 Å². The van der Waals surface area contributed by atoms with Crippen molar-refractivity contribution in [1.82, 2.24) is 5.32 Å². The van der Waals surface area contributed by atoms with E-state index in [1.165, 1.54) is 6.07 Å². The number of fused-ring (bicyclic) bond motifs is 1. The number of nitrogens with one attached hydrogen (secondary N) is 1. The molecule has 4 nitrogen and oxygen atoms in total. The highest BCUT2D eigenvalue weighted by Gasteiger charge is 2.27. The first-order valence-electron chi connectivity index (χ1n) is 7.33.